The molecule has 76 valence electrons. The van der Waals surface area contributed by atoms with E-state index in [1.54, 1.807) is 4.90 Å². The second-order valence-corrected chi connectivity index (χ2v) is 5.10. The van der Waals surface area contributed by atoms with Crippen LogP contribution in [0.5, 0.6) is 0 Å². The third-order valence-corrected chi connectivity index (χ3v) is 2.24. The highest BCUT2D eigenvalue weighted by atomic mass is 32.1. The molecule has 0 saturated carbocycles. The Labute approximate surface area is 84.8 Å². The van der Waals surface area contributed by atoms with Gasteiger partial charge in [-0.3, -0.25) is 0 Å². The number of ether oxygens (including phenoxy) is 1. The maximum atomic E-state index is 11.5. The lowest BCUT2D eigenvalue weighted by Gasteiger charge is -2.24. The number of amides is 1. The summed E-state index contributed by atoms with van der Waals surface area (Å²) in [5.74, 6) is 0. The first kappa shape index (κ1) is 10.7. The van der Waals surface area contributed by atoms with Crippen LogP contribution in [0.2, 0.25) is 0 Å². The maximum absolute atomic E-state index is 11.5. The minimum atomic E-state index is -0.397. The van der Waals surface area contributed by atoms with E-state index in [1.165, 1.54) is 0 Å². The summed E-state index contributed by atoms with van der Waals surface area (Å²) in [6.07, 6.45) is 0.742. The van der Waals surface area contributed by atoms with Gasteiger partial charge in [0.25, 0.3) is 0 Å². The lowest BCUT2D eigenvalue weighted by atomic mass is 10.2. The Balaban J connectivity index is 2.41. The van der Waals surface area contributed by atoms with Gasteiger partial charge in [0, 0.05) is 18.3 Å². The van der Waals surface area contributed by atoms with Crippen LogP contribution in [0.25, 0.3) is 0 Å². The predicted molar refractivity (Wildman–Crippen MR) is 55.2 cm³/mol. The first-order chi connectivity index (χ1) is 5.88. The quantitative estimate of drug-likeness (QED) is 0.610. The van der Waals surface area contributed by atoms with Crippen molar-refractivity contribution in [3.05, 3.63) is 0 Å². The van der Waals surface area contributed by atoms with Crippen molar-refractivity contribution in [2.45, 2.75) is 38.0 Å². The zero-order valence-corrected chi connectivity index (χ0v) is 9.30. The zero-order chi connectivity index (χ0) is 10.1. The molecule has 0 radical (unpaired) electrons. The van der Waals surface area contributed by atoms with Crippen molar-refractivity contribution >= 4 is 18.7 Å². The molecule has 0 bridgehead atoms. The van der Waals surface area contributed by atoms with Crippen molar-refractivity contribution < 1.29 is 9.53 Å². The fourth-order valence-corrected chi connectivity index (χ4v) is 1.55. The number of nitrogens with zero attached hydrogens (tertiary/aromatic N) is 1. The summed E-state index contributed by atoms with van der Waals surface area (Å²) in [6, 6.07) is 0. The first-order valence-electron chi connectivity index (χ1n) is 4.54. The summed E-state index contributed by atoms with van der Waals surface area (Å²) in [5, 5.41) is 0.313. The van der Waals surface area contributed by atoms with E-state index in [0.717, 1.165) is 13.0 Å². The molecule has 13 heavy (non-hydrogen) atoms. The normalized spacial score (nSPS) is 23.4. The van der Waals surface area contributed by atoms with Crippen molar-refractivity contribution in [1.82, 2.24) is 4.90 Å². The van der Waals surface area contributed by atoms with Gasteiger partial charge < -0.3 is 9.64 Å². The van der Waals surface area contributed by atoms with Crippen LogP contribution in [-0.2, 0) is 4.74 Å². The molecule has 1 rings (SSSR count). The summed E-state index contributed by atoms with van der Waals surface area (Å²) in [5.41, 5.74) is -0.397. The molecule has 0 unspecified atom stereocenters. The largest absolute Gasteiger partial charge is 0.444 e. The number of likely N-dealkylation sites (tertiary alicyclic amines) is 1. The number of carbonyl (C=O) groups is 1. The van der Waals surface area contributed by atoms with Crippen molar-refractivity contribution in [3.8, 4) is 0 Å². The van der Waals surface area contributed by atoms with Crippen molar-refractivity contribution in [2.24, 2.45) is 0 Å². The third kappa shape index (κ3) is 3.46. The van der Waals surface area contributed by atoms with Gasteiger partial charge in [-0.1, -0.05) is 0 Å². The van der Waals surface area contributed by atoms with Gasteiger partial charge in [0.15, 0.2) is 0 Å². The van der Waals surface area contributed by atoms with E-state index in [0.29, 0.717) is 11.8 Å². The van der Waals surface area contributed by atoms with Gasteiger partial charge in [0.1, 0.15) is 5.60 Å². The van der Waals surface area contributed by atoms with Gasteiger partial charge in [0.2, 0.25) is 0 Å². The lowest BCUT2D eigenvalue weighted by Crippen LogP contribution is -2.35. The molecule has 0 aliphatic carbocycles. The SMILES string of the molecule is CC(C)(C)OC(=O)N1CC[C@@H](S)C1. The van der Waals surface area contributed by atoms with Crippen LogP contribution in [0.1, 0.15) is 27.2 Å². The van der Waals surface area contributed by atoms with Crippen molar-refractivity contribution in [3.63, 3.8) is 0 Å². The average molecular weight is 203 g/mol. The van der Waals surface area contributed by atoms with E-state index in [4.69, 9.17) is 4.74 Å². The van der Waals surface area contributed by atoms with Crippen LogP contribution in [-0.4, -0.2) is 34.9 Å². The summed E-state index contributed by atoms with van der Waals surface area (Å²) in [4.78, 5) is 13.2. The molecule has 0 N–H and O–H groups in total. The Morgan fingerprint density at radius 3 is 2.54 bits per heavy atom. The molecule has 1 aliphatic rings. The van der Waals surface area contributed by atoms with Crippen molar-refractivity contribution in [2.75, 3.05) is 13.1 Å². The molecule has 1 saturated heterocycles. The highest BCUT2D eigenvalue weighted by Gasteiger charge is 2.27. The van der Waals surface area contributed by atoms with Gasteiger partial charge in [-0.2, -0.15) is 12.6 Å². The van der Waals surface area contributed by atoms with E-state index in [2.05, 4.69) is 12.6 Å². The van der Waals surface area contributed by atoms with Gasteiger partial charge in [0.05, 0.1) is 0 Å². The number of hydrogen-bond donors (Lipinski definition) is 1. The van der Waals surface area contributed by atoms with Gasteiger partial charge >= 0.3 is 6.09 Å². The molecule has 1 fully saturated rings. The molecule has 0 aromatic carbocycles. The minimum absolute atomic E-state index is 0.218. The fourth-order valence-electron chi connectivity index (χ4n) is 1.23. The Morgan fingerprint density at radius 1 is 1.54 bits per heavy atom. The molecule has 1 amide bonds. The zero-order valence-electron chi connectivity index (χ0n) is 8.41. The smallest absolute Gasteiger partial charge is 0.410 e. The topological polar surface area (TPSA) is 29.5 Å². The van der Waals surface area contributed by atoms with E-state index >= 15 is 0 Å². The molecular formula is C9H17NO2S. The maximum Gasteiger partial charge on any atom is 0.410 e. The Hall–Kier alpha value is -0.380. The molecule has 0 spiro atoms. The Kier molecular flexibility index (Phi) is 3.11. The number of carbonyl (C=O) groups excluding carboxylic acids is 1. The molecule has 1 atom stereocenters. The summed E-state index contributed by atoms with van der Waals surface area (Å²) >= 11 is 4.31. The number of rotatable bonds is 0. The molecular weight excluding hydrogens is 186 g/mol. The highest BCUT2D eigenvalue weighted by Crippen LogP contribution is 2.17. The molecule has 4 heteroatoms. The fraction of sp³-hybridized carbons (Fsp3) is 0.889. The van der Waals surface area contributed by atoms with Crippen LogP contribution in [0.15, 0.2) is 0 Å². The third-order valence-electron chi connectivity index (χ3n) is 1.82. The molecule has 1 heterocycles. The average Bonchev–Trinajstić information content (AvgIpc) is 2.31. The summed E-state index contributed by atoms with van der Waals surface area (Å²) < 4.78 is 5.22. The van der Waals surface area contributed by atoms with Gasteiger partial charge in [-0.25, -0.2) is 4.79 Å². The predicted octanol–water partition coefficient (Wildman–Crippen LogP) is 1.93. The summed E-state index contributed by atoms with van der Waals surface area (Å²) in [7, 11) is 0. The first-order valence-corrected chi connectivity index (χ1v) is 5.06. The Bertz CT molecular complexity index is 200. The highest BCUT2D eigenvalue weighted by molar-refractivity contribution is 7.81. The van der Waals surface area contributed by atoms with E-state index in [-0.39, 0.29) is 6.09 Å². The molecule has 0 aromatic rings. The van der Waals surface area contributed by atoms with Crippen molar-refractivity contribution in [1.29, 1.82) is 0 Å². The van der Waals surface area contributed by atoms with Crippen LogP contribution in [0, 0.1) is 0 Å². The van der Waals surface area contributed by atoms with Crippen LogP contribution in [0.3, 0.4) is 0 Å². The van der Waals surface area contributed by atoms with Crippen LogP contribution in [0.4, 0.5) is 4.79 Å². The second-order valence-electron chi connectivity index (χ2n) is 4.37. The van der Waals surface area contributed by atoms with Gasteiger partial charge in [-0.05, 0) is 27.2 Å². The van der Waals surface area contributed by atoms with Gasteiger partial charge in [-0.15, -0.1) is 0 Å². The second kappa shape index (κ2) is 3.78. The van der Waals surface area contributed by atoms with Crippen LogP contribution >= 0.6 is 12.6 Å². The molecule has 3 nitrogen and oxygen atoms in total. The number of hydrogen-bond acceptors (Lipinski definition) is 3. The van der Waals surface area contributed by atoms with E-state index < -0.39 is 5.60 Å². The number of thiol groups is 1. The Morgan fingerprint density at radius 2 is 2.15 bits per heavy atom. The lowest BCUT2D eigenvalue weighted by molar-refractivity contribution is 0.0296. The van der Waals surface area contributed by atoms with E-state index in [9.17, 15) is 4.79 Å². The standard InChI is InChI=1S/C9H17NO2S/c1-9(2,3)12-8(11)10-5-4-7(13)6-10/h7,13H,4-6H2,1-3H3/t7-/m1/s1. The molecule has 0 aromatic heterocycles. The monoisotopic (exact) mass is 203 g/mol. The molecule has 1 aliphatic heterocycles. The summed E-state index contributed by atoms with van der Waals surface area (Å²) in [6.45, 7) is 7.10. The minimum Gasteiger partial charge on any atom is -0.444 e. The van der Waals surface area contributed by atoms with E-state index in [1.807, 2.05) is 20.8 Å². The van der Waals surface area contributed by atoms with Crippen LogP contribution < -0.4 is 0 Å².